The maximum Gasteiger partial charge on any atom is 0.335 e. The number of amides is 1. The summed E-state index contributed by atoms with van der Waals surface area (Å²) in [6.45, 7) is 2.64. The third-order valence-corrected chi connectivity index (χ3v) is 2.68. The zero-order chi connectivity index (χ0) is 12.8. The molecule has 0 spiro atoms. The summed E-state index contributed by atoms with van der Waals surface area (Å²) < 4.78 is 0.582. The van der Waals surface area contributed by atoms with Gasteiger partial charge in [0, 0.05) is 16.6 Å². The molecule has 1 aromatic rings. The van der Waals surface area contributed by atoms with Crippen LogP contribution in [0.25, 0.3) is 0 Å². The van der Waals surface area contributed by atoms with Gasteiger partial charge in [-0.25, -0.2) is 4.79 Å². The Morgan fingerprint density at radius 2 is 1.94 bits per heavy atom. The molecule has 1 aromatic carbocycles. The molecule has 0 unspecified atom stereocenters. The molecule has 0 atom stereocenters. The van der Waals surface area contributed by atoms with Crippen LogP contribution in [0.3, 0.4) is 0 Å². The highest BCUT2D eigenvalue weighted by atomic mass is 79.9. The highest BCUT2D eigenvalue weighted by Gasteiger charge is 2.10. The summed E-state index contributed by atoms with van der Waals surface area (Å²) in [5, 5.41) is 11.6. The summed E-state index contributed by atoms with van der Waals surface area (Å²) in [6, 6.07) is 4.44. The lowest BCUT2D eigenvalue weighted by Gasteiger charge is -2.06. The summed E-state index contributed by atoms with van der Waals surface area (Å²) >= 11 is 3.19. The Morgan fingerprint density at radius 1 is 1.29 bits per heavy atom. The van der Waals surface area contributed by atoms with Crippen LogP contribution in [0.4, 0.5) is 0 Å². The monoisotopic (exact) mass is 299 g/mol. The van der Waals surface area contributed by atoms with E-state index in [1.165, 1.54) is 12.1 Å². The number of carboxylic acids is 1. The normalized spacial score (nSPS) is 10.0. The van der Waals surface area contributed by atoms with Crippen molar-refractivity contribution in [2.45, 2.75) is 19.8 Å². The fourth-order valence-electron chi connectivity index (χ4n) is 1.32. The molecule has 0 aromatic heterocycles. The molecular weight excluding hydrogens is 286 g/mol. The van der Waals surface area contributed by atoms with Gasteiger partial charge in [-0.05, 0) is 24.6 Å². The maximum atomic E-state index is 11.7. The molecule has 0 aliphatic rings. The average Bonchev–Trinajstić information content (AvgIpc) is 2.28. The van der Waals surface area contributed by atoms with Crippen LogP contribution in [0, 0.1) is 0 Å². The van der Waals surface area contributed by atoms with Gasteiger partial charge in [0.05, 0.1) is 5.56 Å². The molecule has 0 fully saturated rings. The van der Waals surface area contributed by atoms with Crippen LogP contribution in [0.5, 0.6) is 0 Å². The molecular formula is C12H14BrNO3. The summed E-state index contributed by atoms with van der Waals surface area (Å²) in [4.78, 5) is 22.6. The summed E-state index contributed by atoms with van der Waals surface area (Å²) in [5.41, 5.74) is 0.452. The Bertz CT molecular complexity index is 432. The summed E-state index contributed by atoms with van der Waals surface area (Å²) in [5.74, 6) is -1.30. The van der Waals surface area contributed by atoms with Crippen LogP contribution < -0.4 is 5.32 Å². The molecule has 0 heterocycles. The minimum Gasteiger partial charge on any atom is -0.478 e. The number of carbonyl (C=O) groups is 2. The molecule has 0 aliphatic heterocycles. The first kappa shape index (κ1) is 13.7. The predicted molar refractivity (Wildman–Crippen MR) is 68.3 cm³/mol. The van der Waals surface area contributed by atoms with Gasteiger partial charge >= 0.3 is 5.97 Å². The number of aromatic carboxylic acids is 1. The molecule has 17 heavy (non-hydrogen) atoms. The van der Waals surface area contributed by atoms with E-state index in [2.05, 4.69) is 21.2 Å². The first-order valence-electron chi connectivity index (χ1n) is 5.36. The van der Waals surface area contributed by atoms with Crippen molar-refractivity contribution in [2.75, 3.05) is 6.54 Å². The number of halogens is 1. The third-order valence-electron chi connectivity index (χ3n) is 2.22. The van der Waals surface area contributed by atoms with Crippen molar-refractivity contribution in [1.82, 2.24) is 5.32 Å². The molecule has 0 saturated carbocycles. The number of carbonyl (C=O) groups excluding carboxylic acids is 1. The van der Waals surface area contributed by atoms with E-state index >= 15 is 0 Å². The second kappa shape index (κ2) is 6.39. The number of rotatable bonds is 5. The molecule has 0 aliphatic carbocycles. The van der Waals surface area contributed by atoms with Crippen LogP contribution >= 0.6 is 15.9 Å². The van der Waals surface area contributed by atoms with Crippen LogP contribution in [0.2, 0.25) is 0 Å². The van der Waals surface area contributed by atoms with E-state index in [9.17, 15) is 9.59 Å². The maximum absolute atomic E-state index is 11.7. The lowest BCUT2D eigenvalue weighted by molar-refractivity contribution is 0.0697. The highest BCUT2D eigenvalue weighted by molar-refractivity contribution is 9.10. The van der Waals surface area contributed by atoms with Crippen molar-refractivity contribution >= 4 is 27.8 Å². The van der Waals surface area contributed by atoms with Crippen molar-refractivity contribution in [3.05, 3.63) is 33.8 Å². The van der Waals surface area contributed by atoms with Crippen molar-refractivity contribution in [3.63, 3.8) is 0 Å². The van der Waals surface area contributed by atoms with Gasteiger partial charge in [0.15, 0.2) is 0 Å². The molecule has 5 heteroatoms. The van der Waals surface area contributed by atoms with E-state index in [4.69, 9.17) is 5.11 Å². The number of carboxylic acid groups (broad SMARTS) is 1. The van der Waals surface area contributed by atoms with Gasteiger partial charge in [-0.3, -0.25) is 4.79 Å². The van der Waals surface area contributed by atoms with Gasteiger partial charge in [0.2, 0.25) is 0 Å². The first-order valence-corrected chi connectivity index (χ1v) is 6.16. The zero-order valence-electron chi connectivity index (χ0n) is 9.50. The lowest BCUT2D eigenvalue weighted by Crippen LogP contribution is -2.24. The van der Waals surface area contributed by atoms with E-state index in [1.807, 2.05) is 6.92 Å². The van der Waals surface area contributed by atoms with E-state index < -0.39 is 5.97 Å². The Balaban J connectivity index is 2.82. The molecule has 1 amide bonds. The molecule has 2 N–H and O–H groups in total. The minimum atomic E-state index is -1.05. The van der Waals surface area contributed by atoms with Gasteiger partial charge in [-0.2, -0.15) is 0 Å². The molecule has 0 radical (unpaired) electrons. The van der Waals surface area contributed by atoms with E-state index in [0.717, 1.165) is 12.8 Å². The lowest BCUT2D eigenvalue weighted by atomic mass is 10.1. The van der Waals surface area contributed by atoms with Gasteiger partial charge in [0.1, 0.15) is 0 Å². The largest absolute Gasteiger partial charge is 0.478 e. The molecule has 1 rings (SSSR count). The molecule has 92 valence electrons. The first-order chi connectivity index (χ1) is 8.04. The smallest absolute Gasteiger partial charge is 0.335 e. The minimum absolute atomic E-state index is 0.0972. The fraction of sp³-hybridized carbons (Fsp3) is 0.333. The summed E-state index contributed by atoms with van der Waals surface area (Å²) in [6.07, 6.45) is 1.91. The number of benzene rings is 1. The SMILES string of the molecule is CCCCNC(=O)c1cc(Br)cc(C(=O)O)c1. The van der Waals surface area contributed by atoms with Gasteiger partial charge < -0.3 is 10.4 Å². The zero-order valence-corrected chi connectivity index (χ0v) is 11.1. The topological polar surface area (TPSA) is 66.4 Å². The second-order valence-electron chi connectivity index (χ2n) is 3.64. The van der Waals surface area contributed by atoms with Crippen LogP contribution in [0.15, 0.2) is 22.7 Å². The van der Waals surface area contributed by atoms with Gasteiger partial charge in [-0.1, -0.05) is 29.3 Å². The van der Waals surface area contributed by atoms with Crippen molar-refractivity contribution < 1.29 is 14.7 Å². The Morgan fingerprint density at radius 3 is 2.53 bits per heavy atom. The van der Waals surface area contributed by atoms with Crippen LogP contribution in [-0.4, -0.2) is 23.5 Å². The molecule has 0 saturated heterocycles. The van der Waals surface area contributed by atoms with Crippen molar-refractivity contribution in [2.24, 2.45) is 0 Å². The van der Waals surface area contributed by atoms with Crippen LogP contribution in [-0.2, 0) is 0 Å². The Kier molecular flexibility index (Phi) is 5.15. The second-order valence-corrected chi connectivity index (χ2v) is 4.56. The standard InChI is InChI=1S/C12H14BrNO3/c1-2-3-4-14-11(15)8-5-9(12(16)17)7-10(13)6-8/h5-7H,2-4H2,1H3,(H,14,15)(H,16,17). The Labute approximate surface area is 108 Å². The van der Waals surface area contributed by atoms with Crippen LogP contribution in [0.1, 0.15) is 40.5 Å². The average molecular weight is 300 g/mol. The predicted octanol–water partition coefficient (Wildman–Crippen LogP) is 2.68. The molecule has 0 bridgehead atoms. The third kappa shape index (κ3) is 4.19. The fourth-order valence-corrected chi connectivity index (χ4v) is 1.82. The highest BCUT2D eigenvalue weighted by Crippen LogP contribution is 2.16. The van der Waals surface area contributed by atoms with E-state index in [1.54, 1.807) is 6.07 Å². The number of nitrogens with one attached hydrogen (secondary N) is 1. The number of hydrogen-bond donors (Lipinski definition) is 2. The number of hydrogen-bond acceptors (Lipinski definition) is 2. The molecule has 4 nitrogen and oxygen atoms in total. The van der Waals surface area contributed by atoms with Crippen molar-refractivity contribution in [1.29, 1.82) is 0 Å². The van der Waals surface area contributed by atoms with Gasteiger partial charge in [-0.15, -0.1) is 0 Å². The van der Waals surface area contributed by atoms with E-state index in [0.29, 0.717) is 16.6 Å². The van der Waals surface area contributed by atoms with E-state index in [-0.39, 0.29) is 11.5 Å². The Hall–Kier alpha value is -1.36. The quantitative estimate of drug-likeness (QED) is 0.822. The number of unbranched alkanes of at least 4 members (excludes halogenated alkanes) is 1. The van der Waals surface area contributed by atoms with Crippen molar-refractivity contribution in [3.8, 4) is 0 Å². The summed E-state index contributed by atoms with van der Waals surface area (Å²) in [7, 11) is 0. The van der Waals surface area contributed by atoms with Gasteiger partial charge in [0.25, 0.3) is 5.91 Å².